The van der Waals surface area contributed by atoms with Gasteiger partial charge in [-0.1, -0.05) is 60.7 Å². The molecule has 6 aromatic carbocycles. The minimum atomic E-state index is 0.0593. The van der Waals surface area contributed by atoms with Crippen molar-refractivity contribution in [3.63, 3.8) is 0 Å². The third-order valence-corrected chi connectivity index (χ3v) is 9.73. The molecular weight excluding hydrogens is 538 g/mol. The molecule has 0 amide bonds. The van der Waals surface area contributed by atoms with Gasteiger partial charge in [0.15, 0.2) is 11.0 Å². The Kier molecular flexibility index (Phi) is 4.18. The summed E-state index contributed by atoms with van der Waals surface area (Å²) in [4.78, 5) is 13.5. The van der Waals surface area contributed by atoms with Crippen LogP contribution in [-0.2, 0) is 0 Å². The number of furan rings is 2. The quantitative estimate of drug-likeness (QED) is 0.189. The maximum Gasteiger partial charge on any atom is 0.195 e. The van der Waals surface area contributed by atoms with Crippen molar-refractivity contribution >= 4 is 97.2 Å². The number of hydrogen-bond donors (Lipinski definition) is 0. The fourth-order valence-corrected chi connectivity index (χ4v) is 7.83. The van der Waals surface area contributed by atoms with Gasteiger partial charge in [0, 0.05) is 47.1 Å². The molecule has 0 atom stereocenters. The smallest absolute Gasteiger partial charge is 0.195 e. The highest BCUT2D eigenvalue weighted by atomic mass is 32.1. The zero-order valence-electron chi connectivity index (χ0n) is 22.0. The topological polar surface area (TPSA) is 48.3 Å². The summed E-state index contributed by atoms with van der Waals surface area (Å²) < 4.78 is 17.3. The SMILES string of the molecule is O=c1c2ccccc2sc2cc3oc4c(-n5c6ccccc6c6c7oc8ccccc8c7ccc65)cccc4c3cc12. The molecule has 4 heterocycles. The number of hydrogen-bond acceptors (Lipinski definition) is 4. The molecular formula is C37H19NO3S. The molecule has 10 aromatic rings. The molecule has 0 bridgehead atoms. The van der Waals surface area contributed by atoms with Crippen LogP contribution in [0.3, 0.4) is 0 Å². The minimum Gasteiger partial charge on any atom is -0.455 e. The van der Waals surface area contributed by atoms with E-state index in [2.05, 4.69) is 71.3 Å². The highest BCUT2D eigenvalue weighted by Gasteiger charge is 2.21. The standard InChI is InChI=1S/C37H19NO3S/c39-35-24-10-3-6-15-32(24)42-33-19-31-25(18-26(33)35)21-11-7-13-29(36(21)41-31)38-27-12-4-1-9-23(27)34-28(38)17-16-22-20-8-2-5-14-30(20)40-37(22)34/h1-19H. The number of para-hydroxylation sites is 3. The second-order valence-electron chi connectivity index (χ2n) is 10.8. The van der Waals surface area contributed by atoms with Crippen molar-refractivity contribution in [2.24, 2.45) is 0 Å². The first-order valence-electron chi connectivity index (χ1n) is 13.9. The number of nitrogens with zero attached hydrogens (tertiary/aromatic N) is 1. The third kappa shape index (κ3) is 2.78. The Hall–Kier alpha value is -5.39. The van der Waals surface area contributed by atoms with Gasteiger partial charge >= 0.3 is 0 Å². The average molecular weight is 558 g/mol. The Balaban J connectivity index is 1.33. The van der Waals surface area contributed by atoms with Crippen molar-refractivity contribution < 1.29 is 8.83 Å². The zero-order chi connectivity index (χ0) is 27.5. The molecule has 0 radical (unpaired) electrons. The Morgan fingerprint density at radius 1 is 0.500 bits per heavy atom. The van der Waals surface area contributed by atoms with E-state index in [1.807, 2.05) is 48.5 Å². The maximum absolute atomic E-state index is 13.5. The Morgan fingerprint density at radius 2 is 1.24 bits per heavy atom. The molecule has 0 saturated heterocycles. The largest absolute Gasteiger partial charge is 0.455 e. The van der Waals surface area contributed by atoms with Crippen LogP contribution >= 0.6 is 11.3 Å². The number of rotatable bonds is 1. The highest BCUT2D eigenvalue weighted by Crippen LogP contribution is 2.43. The van der Waals surface area contributed by atoms with Crippen LogP contribution < -0.4 is 5.43 Å². The van der Waals surface area contributed by atoms with Crippen molar-refractivity contribution in [3.8, 4) is 5.69 Å². The number of benzene rings is 6. The van der Waals surface area contributed by atoms with E-state index in [0.717, 1.165) is 91.5 Å². The van der Waals surface area contributed by atoms with E-state index in [0.29, 0.717) is 0 Å². The summed E-state index contributed by atoms with van der Waals surface area (Å²) in [5.41, 5.74) is 6.48. The Labute approximate surface area is 241 Å². The van der Waals surface area contributed by atoms with Gasteiger partial charge in [-0.2, -0.15) is 0 Å². The molecule has 42 heavy (non-hydrogen) atoms. The number of fused-ring (bicyclic) bond motifs is 12. The molecule has 5 heteroatoms. The van der Waals surface area contributed by atoms with E-state index in [4.69, 9.17) is 8.83 Å². The summed E-state index contributed by atoms with van der Waals surface area (Å²) in [6, 6.07) is 39.1. The van der Waals surface area contributed by atoms with Crippen LogP contribution in [0.2, 0.25) is 0 Å². The number of aromatic nitrogens is 1. The van der Waals surface area contributed by atoms with Crippen LogP contribution in [0, 0.1) is 0 Å². The lowest BCUT2D eigenvalue weighted by atomic mass is 10.1. The van der Waals surface area contributed by atoms with Gasteiger partial charge in [0.2, 0.25) is 0 Å². The van der Waals surface area contributed by atoms with Crippen LogP contribution in [0.4, 0.5) is 0 Å². The lowest BCUT2D eigenvalue weighted by Crippen LogP contribution is -2.00. The molecule has 10 rings (SSSR count). The van der Waals surface area contributed by atoms with Crippen molar-refractivity contribution in [3.05, 3.63) is 125 Å². The van der Waals surface area contributed by atoms with E-state index >= 15 is 0 Å². The molecule has 196 valence electrons. The minimum absolute atomic E-state index is 0.0593. The molecule has 0 saturated carbocycles. The van der Waals surface area contributed by atoms with Gasteiger partial charge in [0.25, 0.3) is 0 Å². The van der Waals surface area contributed by atoms with Crippen LogP contribution in [0.1, 0.15) is 0 Å². The van der Waals surface area contributed by atoms with E-state index in [9.17, 15) is 4.79 Å². The molecule has 0 N–H and O–H groups in total. The Morgan fingerprint density at radius 3 is 2.17 bits per heavy atom. The first-order valence-corrected chi connectivity index (χ1v) is 14.7. The lowest BCUT2D eigenvalue weighted by Gasteiger charge is -2.08. The first-order chi connectivity index (χ1) is 20.7. The zero-order valence-corrected chi connectivity index (χ0v) is 22.9. The normalized spacial score (nSPS) is 12.4. The van der Waals surface area contributed by atoms with Crippen molar-refractivity contribution in [2.45, 2.75) is 0 Å². The van der Waals surface area contributed by atoms with Gasteiger partial charge in [0.1, 0.15) is 16.7 Å². The van der Waals surface area contributed by atoms with Gasteiger partial charge in [-0.3, -0.25) is 4.79 Å². The van der Waals surface area contributed by atoms with Gasteiger partial charge in [-0.05, 0) is 54.6 Å². The molecule has 0 aliphatic carbocycles. The maximum atomic E-state index is 13.5. The van der Waals surface area contributed by atoms with E-state index < -0.39 is 0 Å². The molecule has 0 unspecified atom stereocenters. The second-order valence-corrected chi connectivity index (χ2v) is 11.9. The van der Waals surface area contributed by atoms with E-state index in [1.165, 1.54) is 0 Å². The van der Waals surface area contributed by atoms with Crippen molar-refractivity contribution in [1.82, 2.24) is 4.57 Å². The predicted molar refractivity (Wildman–Crippen MR) is 174 cm³/mol. The van der Waals surface area contributed by atoms with Crippen LogP contribution in [0.5, 0.6) is 0 Å². The van der Waals surface area contributed by atoms with Crippen molar-refractivity contribution in [1.29, 1.82) is 0 Å². The van der Waals surface area contributed by atoms with Gasteiger partial charge in [0.05, 0.1) is 22.1 Å². The summed E-state index contributed by atoms with van der Waals surface area (Å²) in [6.45, 7) is 0. The third-order valence-electron chi connectivity index (χ3n) is 8.60. The molecule has 4 nitrogen and oxygen atoms in total. The molecule has 0 spiro atoms. The summed E-state index contributed by atoms with van der Waals surface area (Å²) in [5, 5.41) is 7.84. The van der Waals surface area contributed by atoms with Crippen molar-refractivity contribution in [2.75, 3.05) is 0 Å². The van der Waals surface area contributed by atoms with Gasteiger partial charge in [-0.25, -0.2) is 0 Å². The molecule has 0 aliphatic heterocycles. The second kappa shape index (κ2) is 7.87. The lowest BCUT2D eigenvalue weighted by molar-refractivity contribution is 0.667. The Bertz CT molecular complexity index is 2830. The predicted octanol–water partition coefficient (Wildman–Crippen LogP) is 10.3. The van der Waals surface area contributed by atoms with Crippen LogP contribution in [-0.4, -0.2) is 4.57 Å². The molecule has 0 aliphatic rings. The summed E-state index contributed by atoms with van der Waals surface area (Å²) in [5.74, 6) is 0. The summed E-state index contributed by atoms with van der Waals surface area (Å²) in [6.07, 6.45) is 0. The highest BCUT2D eigenvalue weighted by molar-refractivity contribution is 7.24. The fraction of sp³-hybridized carbons (Fsp3) is 0. The summed E-state index contributed by atoms with van der Waals surface area (Å²) >= 11 is 1.62. The van der Waals surface area contributed by atoms with Gasteiger partial charge in [-0.15, -0.1) is 11.3 Å². The van der Waals surface area contributed by atoms with E-state index in [1.54, 1.807) is 11.3 Å². The van der Waals surface area contributed by atoms with E-state index in [-0.39, 0.29) is 5.43 Å². The van der Waals surface area contributed by atoms with Gasteiger partial charge < -0.3 is 13.4 Å². The monoisotopic (exact) mass is 557 g/mol. The molecule has 4 aromatic heterocycles. The first kappa shape index (κ1) is 22.3. The summed E-state index contributed by atoms with van der Waals surface area (Å²) in [7, 11) is 0. The fourth-order valence-electron chi connectivity index (χ4n) is 6.75. The molecule has 0 fully saturated rings. The van der Waals surface area contributed by atoms with Crippen LogP contribution in [0.15, 0.2) is 129 Å². The average Bonchev–Trinajstić information content (AvgIpc) is 3.69. The van der Waals surface area contributed by atoms with Crippen LogP contribution in [0.25, 0.3) is 91.5 Å².